The minimum atomic E-state index is -0.232. The molecule has 6 rings (SSSR count). The first-order valence-electron chi connectivity index (χ1n) is 13.1. The van der Waals surface area contributed by atoms with Gasteiger partial charge in [0.1, 0.15) is 12.4 Å². The molecule has 1 atom stereocenters. The van der Waals surface area contributed by atoms with Gasteiger partial charge in [-0.1, -0.05) is 30.3 Å². The normalized spacial score (nSPS) is 15.2. The zero-order valence-electron chi connectivity index (χ0n) is 22.1. The lowest BCUT2D eigenvalue weighted by Gasteiger charge is -2.33. The van der Waals surface area contributed by atoms with Crippen LogP contribution >= 0.6 is 0 Å². The van der Waals surface area contributed by atoms with E-state index in [4.69, 9.17) is 9.47 Å². The summed E-state index contributed by atoms with van der Waals surface area (Å²) in [7, 11) is 1.88. The third kappa shape index (κ3) is 5.92. The van der Waals surface area contributed by atoms with Gasteiger partial charge in [-0.3, -0.25) is 9.48 Å². The van der Waals surface area contributed by atoms with Crippen molar-refractivity contribution in [1.29, 1.82) is 0 Å². The summed E-state index contributed by atoms with van der Waals surface area (Å²) in [5.74, 6) is 1.40. The average Bonchev–Trinajstić information content (AvgIpc) is 3.44. The van der Waals surface area contributed by atoms with E-state index in [1.807, 2.05) is 67.8 Å². The fourth-order valence-corrected chi connectivity index (χ4v) is 4.60. The molecule has 2 aromatic carbocycles. The molecule has 0 bridgehead atoms. The van der Waals surface area contributed by atoms with Crippen LogP contribution in [-0.4, -0.2) is 55.3 Å². The van der Waals surface area contributed by atoms with Gasteiger partial charge in [0, 0.05) is 61.5 Å². The molecule has 1 aliphatic rings. The lowest BCUT2D eigenvalue weighted by atomic mass is 10.1. The molecular formula is C30H29N7O3. The summed E-state index contributed by atoms with van der Waals surface area (Å²) in [4.78, 5) is 23.9. The topological polar surface area (TPSA) is 100 Å². The number of hydrogen-bond donors (Lipinski definition) is 0. The van der Waals surface area contributed by atoms with Crippen molar-refractivity contribution in [1.82, 2.24) is 29.5 Å². The van der Waals surface area contributed by atoms with Crippen molar-refractivity contribution in [3.63, 3.8) is 0 Å². The highest BCUT2D eigenvalue weighted by atomic mass is 16.5. The van der Waals surface area contributed by atoms with Gasteiger partial charge in [0.15, 0.2) is 0 Å². The van der Waals surface area contributed by atoms with Crippen LogP contribution in [0.3, 0.4) is 0 Å². The van der Waals surface area contributed by atoms with Crippen molar-refractivity contribution in [2.75, 3.05) is 24.6 Å². The van der Waals surface area contributed by atoms with E-state index in [9.17, 15) is 4.79 Å². The predicted molar refractivity (Wildman–Crippen MR) is 151 cm³/mol. The maximum absolute atomic E-state index is 12.7. The Morgan fingerprint density at radius 3 is 2.48 bits per heavy atom. The zero-order chi connectivity index (χ0) is 27.3. The molecule has 4 heterocycles. The molecule has 202 valence electrons. The van der Waals surface area contributed by atoms with Gasteiger partial charge in [-0.05, 0) is 35.9 Å². The maximum Gasteiger partial charge on any atom is 0.266 e. The summed E-state index contributed by atoms with van der Waals surface area (Å²) >= 11 is 0. The predicted octanol–water partition coefficient (Wildman–Crippen LogP) is 3.59. The van der Waals surface area contributed by atoms with E-state index in [-0.39, 0.29) is 11.7 Å². The third-order valence-electron chi connectivity index (χ3n) is 6.74. The van der Waals surface area contributed by atoms with Gasteiger partial charge >= 0.3 is 0 Å². The van der Waals surface area contributed by atoms with Crippen molar-refractivity contribution in [2.24, 2.45) is 7.05 Å². The van der Waals surface area contributed by atoms with E-state index in [1.165, 1.54) is 4.68 Å². The standard InChI is InChI=1S/C30H29N7O3/c1-35-18-25(17-33-35)24-15-31-30(32-16-24)36-13-14-39-27(19-36)20-37-29(38)12-11-28(34-37)23-7-9-26(10-8-23)40-21-22-5-3-2-4-6-22/h2-12,15-18,27H,13-14,19-21H2,1H3. The molecule has 0 aliphatic carbocycles. The Kier molecular flexibility index (Phi) is 7.32. The van der Waals surface area contributed by atoms with Crippen molar-refractivity contribution < 1.29 is 9.47 Å². The highest BCUT2D eigenvalue weighted by molar-refractivity contribution is 5.60. The lowest BCUT2D eigenvalue weighted by molar-refractivity contribution is 0.0260. The zero-order valence-corrected chi connectivity index (χ0v) is 22.1. The molecule has 10 heteroatoms. The van der Waals surface area contributed by atoms with Gasteiger partial charge in [-0.15, -0.1) is 0 Å². The third-order valence-corrected chi connectivity index (χ3v) is 6.74. The number of hydrogen-bond acceptors (Lipinski definition) is 8. The van der Waals surface area contributed by atoms with Gasteiger partial charge in [-0.25, -0.2) is 14.6 Å². The van der Waals surface area contributed by atoms with Crippen LogP contribution in [0.4, 0.5) is 5.95 Å². The molecule has 1 aliphatic heterocycles. The van der Waals surface area contributed by atoms with Gasteiger partial charge in [0.25, 0.3) is 5.56 Å². The fraction of sp³-hybridized carbons (Fsp3) is 0.233. The molecule has 0 amide bonds. The molecule has 10 nitrogen and oxygen atoms in total. The molecule has 40 heavy (non-hydrogen) atoms. The number of anilines is 1. The summed E-state index contributed by atoms with van der Waals surface area (Å²) in [6.45, 7) is 2.57. The van der Waals surface area contributed by atoms with E-state index in [0.717, 1.165) is 28.0 Å². The molecule has 0 radical (unpaired) electrons. The number of morpholine rings is 1. The molecule has 1 fully saturated rings. The fourth-order valence-electron chi connectivity index (χ4n) is 4.60. The van der Waals surface area contributed by atoms with Gasteiger partial charge < -0.3 is 14.4 Å². The van der Waals surface area contributed by atoms with Crippen LogP contribution in [0.2, 0.25) is 0 Å². The smallest absolute Gasteiger partial charge is 0.266 e. The largest absolute Gasteiger partial charge is 0.489 e. The van der Waals surface area contributed by atoms with Crippen LogP contribution in [0.15, 0.2) is 96.3 Å². The first-order chi connectivity index (χ1) is 19.6. The monoisotopic (exact) mass is 535 g/mol. The number of nitrogens with zero attached hydrogens (tertiary/aromatic N) is 7. The van der Waals surface area contributed by atoms with E-state index >= 15 is 0 Å². The van der Waals surface area contributed by atoms with Crippen LogP contribution in [-0.2, 0) is 24.9 Å². The van der Waals surface area contributed by atoms with E-state index in [2.05, 4.69) is 25.1 Å². The second kappa shape index (κ2) is 11.5. The number of aromatic nitrogens is 6. The molecule has 0 spiro atoms. The van der Waals surface area contributed by atoms with E-state index in [0.29, 0.717) is 44.5 Å². The van der Waals surface area contributed by atoms with Crippen LogP contribution in [0, 0.1) is 0 Å². The lowest BCUT2D eigenvalue weighted by Crippen LogP contribution is -2.46. The van der Waals surface area contributed by atoms with E-state index in [1.54, 1.807) is 35.4 Å². The van der Waals surface area contributed by atoms with E-state index < -0.39 is 0 Å². The molecule has 1 saturated heterocycles. The van der Waals surface area contributed by atoms with Crippen molar-refractivity contribution in [3.8, 4) is 28.1 Å². The van der Waals surface area contributed by atoms with Crippen molar-refractivity contribution >= 4 is 5.95 Å². The Morgan fingerprint density at radius 1 is 0.925 bits per heavy atom. The van der Waals surface area contributed by atoms with Crippen LogP contribution in [0.1, 0.15) is 5.56 Å². The Bertz CT molecular complexity index is 1620. The molecule has 5 aromatic rings. The minimum Gasteiger partial charge on any atom is -0.489 e. The van der Waals surface area contributed by atoms with Gasteiger partial charge in [0.2, 0.25) is 5.95 Å². The number of rotatable bonds is 8. The molecule has 3 aromatic heterocycles. The Balaban J connectivity index is 1.10. The second-order valence-corrected chi connectivity index (χ2v) is 9.65. The summed E-state index contributed by atoms with van der Waals surface area (Å²) < 4.78 is 15.1. The quantitative estimate of drug-likeness (QED) is 0.297. The number of benzene rings is 2. The first kappa shape index (κ1) is 25.4. The maximum atomic E-state index is 12.7. The van der Waals surface area contributed by atoms with Crippen LogP contribution in [0.25, 0.3) is 22.4 Å². The Hall–Kier alpha value is -4.83. The second-order valence-electron chi connectivity index (χ2n) is 9.65. The molecule has 0 saturated carbocycles. The highest BCUT2D eigenvalue weighted by Crippen LogP contribution is 2.22. The van der Waals surface area contributed by atoms with Crippen LogP contribution < -0.4 is 15.2 Å². The average molecular weight is 536 g/mol. The Labute approximate surface area is 231 Å². The van der Waals surface area contributed by atoms with Crippen molar-refractivity contribution in [2.45, 2.75) is 19.3 Å². The first-order valence-corrected chi connectivity index (χ1v) is 13.1. The SMILES string of the molecule is Cn1cc(-c2cnc(N3CCOC(Cn4nc(-c5ccc(OCc6ccccc6)cc5)ccc4=O)C3)nc2)cn1. The minimum absolute atomic E-state index is 0.177. The number of ether oxygens (including phenoxy) is 2. The molecular weight excluding hydrogens is 506 g/mol. The van der Waals surface area contributed by atoms with Crippen molar-refractivity contribution in [3.05, 3.63) is 107 Å². The number of aryl methyl sites for hydroxylation is 1. The molecule has 0 N–H and O–H groups in total. The van der Waals surface area contributed by atoms with Gasteiger partial charge in [0.05, 0.1) is 31.1 Å². The summed E-state index contributed by atoms with van der Waals surface area (Å²) in [5, 5.41) is 8.83. The highest BCUT2D eigenvalue weighted by Gasteiger charge is 2.24. The summed E-state index contributed by atoms with van der Waals surface area (Å²) in [5.41, 5.74) is 4.41. The van der Waals surface area contributed by atoms with Crippen LogP contribution in [0.5, 0.6) is 5.75 Å². The summed E-state index contributed by atoms with van der Waals surface area (Å²) in [6.07, 6.45) is 7.09. The molecule has 1 unspecified atom stereocenters. The summed E-state index contributed by atoms with van der Waals surface area (Å²) in [6, 6.07) is 21.0. The Morgan fingerprint density at radius 2 is 1.73 bits per heavy atom. The van der Waals surface area contributed by atoms with Gasteiger partial charge in [-0.2, -0.15) is 10.2 Å².